The normalized spacial score (nSPS) is 14.9. The number of hydrogen-bond donors (Lipinski definition) is 1. The van der Waals surface area contributed by atoms with Crippen molar-refractivity contribution >= 4 is 32.6 Å². The Bertz CT molecular complexity index is 999. The zero-order chi connectivity index (χ0) is 19.0. The molecule has 1 aliphatic heterocycles. The van der Waals surface area contributed by atoms with Crippen LogP contribution in [0.3, 0.4) is 0 Å². The van der Waals surface area contributed by atoms with Crippen LogP contribution in [-0.4, -0.2) is 47.0 Å². The molecule has 0 atom stereocenters. The van der Waals surface area contributed by atoms with Crippen molar-refractivity contribution in [1.29, 1.82) is 0 Å². The van der Waals surface area contributed by atoms with Gasteiger partial charge < -0.3 is 14.8 Å². The maximum atomic E-state index is 12.8. The third kappa shape index (κ3) is 3.47. The highest BCUT2D eigenvalue weighted by molar-refractivity contribution is 7.22. The van der Waals surface area contributed by atoms with Crippen LogP contribution < -0.4 is 10.5 Å². The third-order valence-electron chi connectivity index (χ3n) is 4.90. The summed E-state index contributed by atoms with van der Waals surface area (Å²) in [6.07, 6.45) is 0. The van der Waals surface area contributed by atoms with Gasteiger partial charge in [-0.1, -0.05) is 37.3 Å². The number of aromatic nitrogens is 2. The standard InChI is InChI=1S/C20H22N4O2S/c1-13(2)15-8-7-14(18(25)21-15)19(26)23-9-11-24(12-10-23)20-22-16-5-3-4-6-17(16)27-20/h3-8,13H,9-12H2,1-2H3,(H,21,25). The van der Waals surface area contributed by atoms with Gasteiger partial charge in [0, 0.05) is 31.9 Å². The van der Waals surface area contributed by atoms with Gasteiger partial charge in [-0.25, -0.2) is 4.98 Å². The quantitative estimate of drug-likeness (QED) is 0.756. The number of rotatable bonds is 3. The van der Waals surface area contributed by atoms with Gasteiger partial charge in [-0.3, -0.25) is 9.59 Å². The Morgan fingerprint density at radius 2 is 1.85 bits per heavy atom. The van der Waals surface area contributed by atoms with E-state index in [4.69, 9.17) is 4.98 Å². The number of para-hydroxylation sites is 1. The summed E-state index contributed by atoms with van der Waals surface area (Å²) >= 11 is 1.67. The first kappa shape index (κ1) is 17.7. The van der Waals surface area contributed by atoms with Crippen molar-refractivity contribution in [3.8, 4) is 0 Å². The van der Waals surface area contributed by atoms with Gasteiger partial charge in [-0.2, -0.15) is 0 Å². The lowest BCUT2D eigenvalue weighted by Crippen LogP contribution is -2.49. The maximum Gasteiger partial charge on any atom is 0.261 e. The molecule has 0 spiro atoms. The predicted octanol–water partition coefficient (Wildman–Crippen LogP) is 3.07. The van der Waals surface area contributed by atoms with Crippen molar-refractivity contribution in [1.82, 2.24) is 14.9 Å². The molecule has 7 heteroatoms. The van der Waals surface area contributed by atoms with Crippen molar-refractivity contribution in [3.05, 3.63) is 58.0 Å². The Kier molecular flexibility index (Phi) is 4.70. The van der Waals surface area contributed by atoms with Gasteiger partial charge in [0.1, 0.15) is 5.56 Å². The molecule has 6 nitrogen and oxygen atoms in total. The van der Waals surface area contributed by atoms with Crippen molar-refractivity contribution in [2.24, 2.45) is 0 Å². The highest BCUT2D eigenvalue weighted by Gasteiger charge is 2.25. The number of hydrogen-bond acceptors (Lipinski definition) is 5. The Labute approximate surface area is 161 Å². The van der Waals surface area contributed by atoms with Crippen LogP contribution >= 0.6 is 11.3 Å². The fraction of sp³-hybridized carbons (Fsp3) is 0.350. The van der Waals surface area contributed by atoms with E-state index in [0.29, 0.717) is 26.2 Å². The van der Waals surface area contributed by atoms with E-state index in [-0.39, 0.29) is 22.9 Å². The van der Waals surface area contributed by atoms with Gasteiger partial charge in [0.15, 0.2) is 5.13 Å². The molecule has 0 unspecified atom stereocenters. The zero-order valence-electron chi connectivity index (χ0n) is 15.4. The Morgan fingerprint density at radius 1 is 1.11 bits per heavy atom. The smallest absolute Gasteiger partial charge is 0.261 e. The van der Waals surface area contributed by atoms with Gasteiger partial charge in [-0.05, 0) is 30.2 Å². The molecule has 0 saturated carbocycles. The largest absolute Gasteiger partial charge is 0.345 e. The lowest BCUT2D eigenvalue weighted by Gasteiger charge is -2.34. The molecular formula is C20H22N4O2S. The number of pyridine rings is 1. The van der Waals surface area contributed by atoms with Crippen LogP contribution in [0.25, 0.3) is 10.2 Å². The fourth-order valence-electron chi connectivity index (χ4n) is 3.26. The second-order valence-electron chi connectivity index (χ2n) is 7.05. The molecule has 2 aromatic heterocycles. The number of carbonyl (C=O) groups is 1. The molecule has 0 bridgehead atoms. The molecule has 4 rings (SSSR count). The zero-order valence-corrected chi connectivity index (χ0v) is 16.3. The third-order valence-corrected chi connectivity index (χ3v) is 6.00. The van der Waals surface area contributed by atoms with Crippen LogP contribution in [0.5, 0.6) is 0 Å². The number of benzene rings is 1. The van der Waals surface area contributed by atoms with Crippen molar-refractivity contribution in [2.45, 2.75) is 19.8 Å². The molecule has 1 fully saturated rings. The lowest BCUT2D eigenvalue weighted by atomic mass is 10.1. The number of fused-ring (bicyclic) bond motifs is 1. The summed E-state index contributed by atoms with van der Waals surface area (Å²) in [5, 5.41) is 0.988. The Hall–Kier alpha value is -2.67. The van der Waals surface area contributed by atoms with Crippen LogP contribution in [0.15, 0.2) is 41.2 Å². The van der Waals surface area contributed by atoms with Crippen LogP contribution in [0.1, 0.15) is 35.8 Å². The summed E-state index contributed by atoms with van der Waals surface area (Å²) < 4.78 is 1.17. The monoisotopic (exact) mass is 382 g/mol. The second-order valence-corrected chi connectivity index (χ2v) is 8.06. The van der Waals surface area contributed by atoms with Gasteiger partial charge in [0.25, 0.3) is 11.5 Å². The van der Waals surface area contributed by atoms with E-state index in [1.165, 1.54) is 4.70 Å². The maximum absolute atomic E-state index is 12.8. The molecule has 27 heavy (non-hydrogen) atoms. The van der Waals surface area contributed by atoms with Crippen LogP contribution in [0, 0.1) is 0 Å². The van der Waals surface area contributed by atoms with Gasteiger partial charge >= 0.3 is 0 Å². The van der Waals surface area contributed by atoms with E-state index in [1.54, 1.807) is 22.3 Å². The van der Waals surface area contributed by atoms with E-state index in [1.807, 2.05) is 38.1 Å². The molecule has 0 radical (unpaired) electrons. The van der Waals surface area contributed by atoms with Gasteiger partial charge in [-0.15, -0.1) is 0 Å². The van der Waals surface area contributed by atoms with Crippen LogP contribution in [-0.2, 0) is 0 Å². The summed E-state index contributed by atoms with van der Waals surface area (Å²) in [5.74, 6) is 0.0229. The first-order chi connectivity index (χ1) is 13.0. The minimum absolute atomic E-state index is 0.199. The molecular weight excluding hydrogens is 360 g/mol. The number of amides is 1. The van der Waals surface area contributed by atoms with Gasteiger partial charge in [0.2, 0.25) is 0 Å². The molecule has 3 heterocycles. The highest BCUT2D eigenvalue weighted by Crippen LogP contribution is 2.29. The summed E-state index contributed by atoms with van der Waals surface area (Å²) in [7, 11) is 0. The summed E-state index contributed by atoms with van der Waals surface area (Å²) in [6, 6.07) is 11.6. The summed E-state index contributed by atoms with van der Waals surface area (Å²) in [6.45, 7) is 6.61. The highest BCUT2D eigenvalue weighted by atomic mass is 32.1. The molecule has 3 aromatic rings. The SMILES string of the molecule is CC(C)c1ccc(C(=O)N2CCN(c3nc4ccccc4s3)CC2)c(=O)[nH]1. The van der Waals surface area contributed by atoms with E-state index in [2.05, 4.69) is 16.0 Å². The molecule has 0 aliphatic carbocycles. The average molecular weight is 382 g/mol. The number of aromatic amines is 1. The van der Waals surface area contributed by atoms with Crippen molar-refractivity contribution in [3.63, 3.8) is 0 Å². The van der Waals surface area contributed by atoms with E-state index in [0.717, 1.165) is 16.3 Å². The first-order valence-corrected chi connectivity index (χ1v) is 9.97. The number of carbonyl (C=O) groups excluding carboxylic acids is 1. The number of H-pyrrole nitrogens is 1. The van der Waals surface area contributed by atoms with Crippen LogP contribution in [0.4, 0.5) is 5.13 Å². The molecule has 1 amide bonds. The van der Waals surface area contributed by atoms with Crippen molar-refractivity contribution < 1.29 is 4.79 Å². The minimum Gasteiger partial charge on any atom is -0.345 e. The van der Waals surface area contributed by atoms with Gasteiger partial charge in [0.05, 0.1) is 10.2 Å². The minimum atomic E-state index is -0.306. The molecule has 1 saturated heterocycles. The fourth-order valence-corrected chi connectivity index (χ4v) is 4.28. The predicted molar refractivity (Wildman–Crippen MR) is 109 cm³/mol. The molecule has 1 aliphatic rings. The summed E-state index contributed by atoms with van der Waals surface area (Å²) in [4.78, 5) is 36.5. The number of anilines is 1. The van der Waals surface area contributed by atoms with Crippen molar-refractivity contribution in [2.75, 3.05) is 31.1 Å². The average Bonchev–Trinajstić information content (AvgIpc) is 3.11. The molecule has 140 valence electrons. The number of nitrogens with one attached hydrogen (secondary N) is 1. The van der Waals surface area contributed by atoms with Crippen LogP contribution in [0.2, 0.25) is 0 Å². The van der Waals surface area contributed by atoms with E-state index >= 15 is 0 Å². The number of piperazine rings is 1. The Morgan fingerprint density at radius 3 is 2.52 bits per heavy atom. The first-order valence-electron chi connectivity index (χ1n) is 9.16. The van der Waals surface area contributed by atoms with E-state index < -0.39 is 0 Å². The summed E-state index contributed by atoms with van der Waals surface area (Å²) in [5.41, 5.74) is 1.76. The Balaban J connectivity index is 1.45. The number of nitrogens with zero attached hydrogens (tertiary/aromatic N) is 3. The lowest BCUT2D eigenvalue weighted by molar-refractivity contribution is 0.0745. The molecule has 1 aromatic carbocycles. The molecule has 1 N–H and O–H groups in total. The second kappa shape index (κ2) is 7.15. The van der Waals surface area contributed by atoms with E-state index in [9.17, 15) is 9.59 Å². The number of thiazole rings is 1. The topological polar surface area (TPSA) is 69.3 Å².